The Bertz CT molecular complexity index is 729. The van der Waals surface area contributed by atoms with Crippen molar-refractivity contribution in [2.24, 2.45) is 11.5 Å². The van der Waals surface area contributed by atoms with Crippen LogP contribution in [0.2, 0.25) is 0 Å². The van der Waals surface area contributed by atoms with Gasteiger partial charge in [0.2, 0.25) is 17.7 Å². The van der Waals surface area contributed by atoms with Gasteiger partial charge in [0.25, 0.3) is 0 Å². The van der Waals surface area contributed by atoms with E-state index >= 15 is 0 Å². The Morgan fingerprint density at radius 2 is 1.58 bits per heavy atom. The summed E-state index contributed by atoms with van der Waals surface area (Å²) in [5, 5.41) is 12.4. The molecule has 0 radical (unpaired) electrons. The lowest BCUT2D eigenvalue weighted by Crippen LogP contribution is -2.53. The van der Waals surface area contributed by atoms with Crippen LogP contribution in [0.3, 0.4) is 0 Å². The van der Waals surface area contributed by atoms with Crippen molar-refractivity contribution in [2.45, 2.75) is 50.9 Å². The van der Waals surface area contributed by atoms with E-state index in [4.69, 9.17) is 21.4 Å². The SMILES string of the molecule is CC(=O)N[C@H](CCCCN)C(=O)N[C@@H](Cc1ccccc1)C(N)=O.O=C(O)C(F)(F)F. The Hall–Kier alpha value is -3.15. The van der Waals surface area contributed by atoms with Gasteiger partial charge in [-0.25, -0.2) is 4.79 Å². The van der Waals surface area contributed by atoms with E-state index in [1.165, 1.54) is 6.92 Å². The van der Waals surface area contributed by atoms with Gasteiger partial charge in [-0.3, -0.25) is 14.4 Å². The molecular formula is C19H27F3N4O5. The number of halogens is 3. The third-order valence-corrected chi connectivity index (χ3v) is 3.83. The Balaban J connectivity index is 0.00000110. The van der Waals surface area contributed by atoms with Gasteiger partial charge in [-0.05, 0) is 31.4 Å². The number of benzene rings is 1. The summed E-state index contributed by atoms with van der Waals surface area (Å²) < 4.78 is 31.7. The van der Waals surface area contributed by atoms with Crippen LogP contribution in [0, 0.1) is 0 Å². The number of unbranched alkanes of at least 4 members (excludes halogenated alkanes) is 1. The Kier molecular flexibility index (Phi) is 12.5. The molecule has 1 aromatic carbocycles. The van der Waals surface area contributed by atoms with Gasteiger partial charge in [0.15, 0.2) is 0 Å². The van der Waals surface area contributed by atoms with Crippen molar-refractivity contribution < 1.29 is 37.5 Å². The first kappa shape index (κ1) is 27.8. The van der Waals surface area contributed by atoms with E-state index in [1.807, 2.05) is 30.3 Å². The van der Waals surface area contributed by atoms with Crippen LogP contribution in [0.15, 0.2) is 30.3 Å². The summed E-state index contributed by atoms with van der Waals surface area (Å²) in [5.41, 5.74) is 11.7. The van der Waals surface area contributed by atoms with E-state index in [0.717, 1.165) is 12.0 Å². The Morgan fingerprint density at radius 1 is 1.03 bits per heavy atom. The fourth-order valence-electron chi connectivity index (χ4n) is 2.35. The van der Waals surface area contributed by atoms with Gasteiger partial charge >= 0.3 is 12.1 Å². The second-order valence-corrected chi connectivity index (χ2v) is 6.49. The lowest BCUT2D eigenvalue weighted by Gasteiger charge is -2.21. The number of rotatable bonds is 10. The lowest BCUT2D eigenvalue weighted by atomic mass is 10.0. The van der Waals surface area contributed by atoms with Crippen LogP contribution in [0.5, 0.6) is 0 Å². The average molecular weight is 448 g/mol. The van der Waals surface area contributed by atoms with E-state index in [0.29, 0.717) is 25.8 Å². The zero-order valence-electron chi connectivity index (χ0n) is 16.9. The molecule has 174 valence electrons. The number of carboxylic acid groups (broad SMARTS) is 1. The van der Waals surface area contributed by atoms with Crippen molar-refractivity contribution in [3.63, 3.8) is 0 Å². The van der Waals surface area contributed by atoms with Crippen LogP contribution < -0.4 is 22.1 Å². The molecule has 0 saturated carbocycles. The molecule has 0 heterocycles. The molecule has 0 bridgehead atoms. The molecule has 2 atom stereocenters. The quantitative estimate of drug-likeness (QED) is 0.326. The van der Waals surface area contributed by atoms with Crippen molar-refractivity contribution in [1.82, 2.24) is 10.6 Å². The summed E-state index contributed by atoms with van der Waals surface area (Å²) in [5.74, 6) is -4.09. The van der Waals surface area contributed by atoms with Gasteiger partial charge in [0, 0.05) is 13.3 Å². The highest BCUT2D eigenvalue weighted by molar-refractivity contribution is 5.91. The maximum Gasteiger partial charge on any atom is 0.490 e. The minimum atomic E-state index is -5.08. The Labute approximate surface area is 177 Å². The maximum absolute atomic E-state index is 12.4. The normalized spacial score (nSPS) is 12.5. The van der Waals surface area contributed by atoms with Crippen LogP contribution in [-0.2, 0) is 25.6 Å². The molecule has 3 amide bonds. The molecule has 0 spiro atoms. The first-order chi connectivity index (χ1) is 14.4. The number of amides is 3. The fraction of sp³-hybridized carbons (Fsp3) is 0.474. The molecule has 0 aliphatic rings. The van der Waals surface area contributed by atoms with E-state index < -0.39 is 36.0 Å². The van der Waals surface area contributed by atoms with Crippen LogP contribution in [0.25, 0.3) is 0 Å². The molecule has 7 N–H and O–H groups in total. The molecule has 0 fully saturated rings. The second-order valence-electron chi connectivity index (χ2n) is 6.49. The molecule has 0 unspecified atom stereocenters. The smallest absolute Gasteiger partial charge is 0.475 e. The predicted octanol–water partition coefficient (Wildman–Crippen LogP) is 0.466. The third-order valence-electron chi connectivity index (χ3n) is 3.83. The van der Waals surface area contributed by atoms with E-state index in [1.54, 1.807) is 0 Å². The molecule has 12 heteroatoms. The molecule has 1 aromatic rings. The number of hydrogen-bond acceptors (Lipinski definition) is 5. The second kappa shape index (κ2) is 14.0. The molecule has 1 rings (SSSR count). The van der Waals surface area contributed by atoms with Crippen LogP contribution in [-0.4, -0.2) is 53.6 Å². The molecular weight excluding hydrogens is 421 g/mol. The number of nitrogens with one attached hydrogen (secondary N) is 2. The van der Waals surface area contributed by atoms with E-state index in [2.05, 4.69) is 10.6 Å². The predicted molar refractivity (Wildman–Crippen MR) is 105 cm³/mol. The molecule has 0 aliphatic carbocycles. The summed E-state index contributed by atoms with van der Waals surface area (Å²) >= 11 is 0. The number of nitrogens with two attached hydrogens (primary N) is 2. The van der Waals surface area contributed by atoms with Crippen LogP contribution in [0.4, 0.5) is 13.2 Å². The standard InChI is InChI=1S/C17H26N4O3.C2HF3O2/c1-12(22)20-14(9-5-6-10-18)17(24)21-15(16(19)23)11-13-7-3-2-4-8-13;3-2(4,5)1(6)7/h2-4,7-8,14-15H,5-6,9-11,18H2,1H3,(H2,19,23)(H,20,22)(H,21,24);(H,6,7)/t14-,15+;/m1./s1. The minimum absolute atomic E-state index is 0.303. The van der Waals surface area contributed by atoms with Gasteiger partial charge in [-0.1, -0.05) is 30.3 Å². The van der Waals surface area contributed by atoms with E-state index in [-0.39, 0.29) is 5.91 Å². The van der Waals surface area contributed by atoms with E-state index in [9.17, 15) is 27.6 Å². The topological polar surface area (TPSA) is 165 Å². The zero-order chi connectivity index (χ0) is 24.0. The van der Waals surface area contributed by atoms with Crippen LogP contribution >= 0.6 is 0 Å². The summed E-state index contributed by atoms with van der Waals surface area (Å²) in [6, 6.07) is 7.75. The number of aliphatic carboxylic acids is 1. The largest absolute Gasteiger partial charge is 0.490 e. The average Bonchev–Trinajstić information content (AvgIpc) is 2.67. The van der Waals surface area contributed by atoms with Crippen molar-refractivity contribution in [1.29, 1.82) is 0 Å². The minimum Gasteiger partial charge on any atom is -0.475 e. The molecule has 0 saturated heterocycles. The van der Waals surface area contributed by atoms with Crippen molar-refractivity contribution >= 4 is 23.7 Å². The molecule has 9 nitrogen and oxygen atoms in total. The van der Waals surface area contributed by atoms with Gasteiger partial charge in [0.05, 0.1) is 0 Å². The van der Waals surface area contributed by atoms with Gasteiger partial charge in [-0.15, -0.1) is 0 Å². The number of hydrogen-bond donors (Lipinski definition) is 5. The number of alkyl halides is 3. The van der Waals surface area contributed by atoms with Crippen LogP contribution in [0.1, 0.15) is 31.7 Å². The summed E-state index contributed by atoms with van der Waals surface area (Å²) in [4.78, 5) is 44.3. The highest BCUT2D eigenvalue weighted by Crippen LogP contribution is 2.13. The lowest BCUT2D eigenvalue weighted by molar-refractivity contribution is -0.192. The molecule has 0 aliphatic heterocycles. The third kappa shape index (κ3) is 12.9. The highest BCUT2D eigenvalue weighted by Gasteiger charge is 2.38. The maximum atomic E-state index is 12.4. The van der Waals surface area contributed by atoms with Crippen molar-refractivity contribution in [3.05, 3.63) is 35.9 Å². The summed E-state index contributed by atoms with van der Waals surface area (Å²) in [7, 11) is 0. The highest BCUT2D eigenvalue weighted by atomic mass is 19.4. The summed E-state index contributed by atoms with van der Waals surface area (Å²) in [6.45, 7) is 1.87. The summed E-state index contributed by atoms with van der Waals surface area (Å²) in [6.07, 6.45) is -2.86. The van der Waals surface area contributed by atoms with Crippen molar-refractivity contribution in [3.8, 4) is 0 Å². The molecule has 31 heavy (non-hydrogen) atoms. The number of primary amides is 1. The number of carbonyl (C=O) groups excluding carboxylic acids is 3. The van der Waals surface area contributed by atoms with Gasteiger partial charge in [0.1, 0.15) is 12.1 Å². The van der Waals surface area contributed by atoms with Crippen molar-refractivity contribution in [2.75, 3.05) is 6.54 Å². The Morgan fingerprint density at radius 3 is 2.00 bits per heavy atom. The first-order valence-electron chi connectivity index (χ1n) is 9.29. The monoisotopic (exact) mass is 448 g/mol. The fourth-order valence-corrected chi connectivity index (χ4v) is 2.35. The van der Waals surface area contributed by atoms with Gasteiger partial charge in [-0.2, -0.15) is 13.2 Å². The number of carbonyl (C=O) groups is 4. The zero-order valence-corrected chi connectivity index (χ0v) is 16.9. The first-order valence-corrected chi connectivity index (χ1v) is 9.29. The molecule has 0 aromatic heterocycles. The number of carboxylic acids is 1. The van der Waals surface area contributed by atoms with Gasteiger partial charge < -0.3 is 27.2 Å².